The molecular formula is C10H13NO2. The average molecular weight is 179 g/mol. The molecule has 1 aromatic rings. The van der Waals surface area contributed by atoms with Gasteiger partial charge in [-0.05, 0) is 24.1 Å². The molecule has 0 aliphatic heterocycles. The first-order valence-corrected chi connectivity index (χ1v) is 4.31. The van der Waals surface area contributed by atoms with Crippen molar-refractivity contribution in [1.29, 1.82) is 0 Å². The monoisotopic (exact) mass is 179 g/mol. The van der Waals surface area contributed by atoms with Crippen LogP contribution < -0.4 is 5.32 Å². The van der Waals surface area contributed by atoms with Crippen LogP contribution in [0.3, 0.4) is 0 Å². The molecule has 0 heterocycles. The van der Waals surface area contributed by atoms with Crippen molar-refractivity contribution in [2.45, 2.75) is 19.8 Å². The molecule has 0 radical (unpaired) electrons. The molecule has 0 fully saturated rings. The number of carboxylic acid groups (broad SMARTS) is 1. The van der Waals surface area contributed by atoms with Gasteiger partial charge in [0.05, 0.1) is 0 Å². The number of hydrogen-bond donors (Lipinski definition) is 2. The van der Waals surface area contributed by atoms with Crippen molar-refractivity contribution in [1.82, 2.24) is 0 Å². The number of nitrogens with one attached hydrogen (secondary N) is 1. The highest BCUT2D eigenvalue weighted by Crippen LogP contribution is 2.10. The quantitative estimate of drug-likeness (QED) is 0.749. The van der Waals surface area contributed by atoms with E-state index in [2.05, 4.69) is 12.2 Å². The van der Waals surface area contributed by atoms with Crippen LogP contribution in [0.1, 0.15) is 18.9 Å². The van der Waals surface area contributed by atoms with E-state index in [1.807, 2.05) is 12.1 Å². The zero-order chi connectivity index (χ0) is 9.68. The Bertz CT molecular complexity index is 279. The highest BCUT2D eigenvalue weighted by Gasteiger charge is 1.96. The summed E-state index contributed by atoms with van der Waals surface area (Å²) in [5.41, 5.74) is 1.85. The smallest absolute Gasteiger partial charge is 0.409 e. The lowest BCUT2D eigenvalue weighted by molar-refractivity contribution is 0.210. The van der Waals surface area contributed by atoms with Crippen LogP contribution in [0.2, 0.25) is 0 Å². The molecule has 0 unspecified atom stereocenters. The second kappa shape index (κ2) is 4.50. The predicted molar refractivity (Wildman–Crippen MR) is 52.1 cm³/mol. The molecule has 2 N–H and O–H groups in total. The van der Waals surface area contributed by atoms with Crippen LogP contribution in [0.25, 0.3) is 0 Å². The van der Waals surface area contributed by atoms with Crippen LogP contribution in [0.4, 0.5) is 10.5 Å². The molecule has 3 heteroatoms. The number of rotatable bonds is 3. The molecule has 0 saturated heterocycles. The molecule has 1 aromatic carbocycles. The van der Waals surface area contributed by atoms with Crippen LogP contribution in [0.15, 0.2) is 24.3 Å². The maximum Gasteiger partial charge on any atom is 0.409 e. The summed E-state index contributed by atoms with van der Waals surface area (Å²) in [7, 11) is 0. The van der Waals surface area contributed by atoms with Gasteiger partial charge in [0.2, 0.25) is 0 Å². The zero-order valence-electron chi connectivity index (χ0n) is 7.58. The normalized spacial score (nSPS) is 9.62. The molecule has 1 amide bonds. The Morgan fingerprint density at radius 1 is 1.38 bits per heavy atom. The lowest BCUT2D eigenvalue weighted by atomic mass is 10.1. The van der Waals surface area contributed by atoms with Gasteiger partial charge in [0, 0.05) is 5.69 Å². The first-order chi connectivity index (χ1) is 6.22. The van der Waals surface area contributed by atoms with Gasteiger partial charge in [-0.25, -0.2) is 4.79 Å². The zero-order valence-corrected chi connectivity index (χ0v) is 7.58. The Balaban J connectivity index is 2.64. The van der Waals surface area contributed by atoms with Crippen LogP contribution in [-0.2, 0) is 6.42 Å². The van der Waals surface area contributed by atoms with Gasteiger partial charge in [-0.3, -0.25) is 5.32 Å². The van der Waals surface area contributed by atoms with Gasteiger partial charge in [0.25, 0.3) is 0 Å². The second-order valence-corrected chi connectivity index (χ2v) is 2.88. The number of anilines is 1. The number of benzene rings is 1. The lowest BCUT2D eigenvalue weighted by Crippen LogP contribution is -2.06. The number of carbonyl (C=O) groups is 1. The van der Waals surface area contributed by atoms with E-state index < -0.39 is 6.09 Å². The van der Waals surface area contributed by atoms with Gasteiger partial charge in [0.1, 0.15) is 0 Å². The fraction of sp³-hybridized carbons (Fsp3) is 0.300. The summed E-state index contributed by atoms with van der Waals surface area (Å²) in [6.07, 6.45) is 1.11. The van der Waals surface area contributed by atoms with E-state index in [0.29, 0.717) is 5.69 Å². The lowest BCUT2D eigenvalue weighted by Gasteiger charge is -2.02. The molecule has 0 bridgehead atoms. The Kier molecular flexibility index (Phi) is 3.31. The minimum Gasteiger partial charge on any atom is -0.465 e. The molecule has 1 rings (SSSR count). The average Bonchev–Trinajstić information content (AvgIpc) is 2.08. The van der Waals surface area contributed by atoms with E-state index in [4.69, 9.17) is 5.11 Å². The minimum absolute atomic E-state index is 0.618. The van der Waals surface area contributed by atoms with E-state index in [9.17, 15) is 4.79 Å². The highest BCUT2D eigenvalue weighted by molar-refractivity contribution is 5.82. The Labute approximate surface area is 77.4 Å². The van der Waals surface area contributed by atoms with E-state index in [-0.39, 0.29) is 0 Å². The molecule has 0 spiro atoms. The summed E-state index contributed by atoms with van der Waals surface area (Å²) in [4.78, 5) is 10.3. The van der Waals surface area contributed by atoms with Crippen molar-refractivity contribution in [3.63, 3.8) is 0 Å². The predicted octanol–water partition coefficient (Wildman–Crippen LogP) is 2.73. The molecule has 13 heavy (non-hydrogen) atoms. The Morgan fingerprint density at radius 2 is 2.00 bits per heavy atom. The van der Waals surface area contributed by atoms with Crippen LogP contribution in [-0.4, -0.2) is 11.2 Å². The summed E-state index contributed by atoms with van der Waals surface area (Å²) in [5, 5.41) is 10.7. The van der Waals surface area contributed by atoms with Crippen molar-refractivity contribution in [3.8, 4) is 0 Å². The van der Waals surface area contributed by atoms with E-state index >= 15 is 0 Å². The fourth-order valence-electron chi connectivity index (χ4n) is 1.17. The first kappa shape index (κ1) is 9.58. The number of hydrogen-bond acceptors (Lipinski definition) is 1. The third-order valence-corrected chi connectivity index (χ3v) is 1.74. The Hall–Kier alpha value is -1.51. The van der Waals surface area contributed by atoms with Crippen molar-refractivity contribution < 1.29 is 9.90 Å². The number of amides is 1. The summed E-state index contributed by atoms with van der Waals surface area (Å²) in [6, 6.07) is 7.43. The molecule has 70 valence electrons. The van der Waals surface area contributed by atoms with Crippen LogP contribution in [0.5, 0.6) is 0 Å². The summed E-state index contributed by atoms with van der Waals surface area (Å²) < 4.78 is 0. The fourth-order valence-corrected chi connectivity index (χ4v) is 1.17. The Morgan fingerprint density at radius 3 is 2.46 bits per heavy atom. The van der Waals surface area contributed by atoms with Gasteiger partial charge >= 0.3 is 6.09 Å². The molecule has 0 saturated carbocycles. The number of aryl methyl sites for hydroxylation is 1. The third-order valence-electron chi connectivity index (χ3n) is 1.74. The van der Waals surface area contributed by atoms with E-state index in [0.717, 1.165) is 12.8 Å². The minimum atomic E-state index is -1.02. The van der Waals surface area contributed by atoms with Gasteiger partial charge in [-0.1, -0.05) is 25.5 Å². The molecule has 0 atom stereocenters. The van der Waals surface area contributed by atoms with Gasteiger partial charge in [-0.15, -0.1) is 0 Å². The van der Waals surface area contributed by atoms with Crippen LogP contribution >= 0.6 is 0 Å². The molecule has 0 aliphatic carbocycles. The van der Waals surface area contributed by atoms with Gasteiger partial charge < -0.3 is 5.11 Å². The van der Waals surface area contributed by atoms with Gasteiger partial charge in [-0.2, -0.15) is 0 Å². The molecule has 3 nitrogen and oxygen atoms in total. The third kappa shape index (κ3) is 3.15. The summed E-state index contributed by atoms with van der Waals surface area (Å²) in [6.45, 7) is 2.11. The largest absolute Gasteiger partial charge is 0.465 e. The topological polar surface area (TPSA) is 49.3 Å². The molecule has 0 aliphatic rings. The second-order valence-electron chi connectivity index (χ2n) is 2.88. The maximum absolute atomic E-state index is 10.3. The summed E-state index contributed by atoms with van der Waals surface area (Å²) in [5.74, 6) is 0. The van der Waals surface area contributed by atoms with Gasteiger partial charge in [0.15, 0.2) is 0 Å². The summed E-state index contributed by atoms with van der Waals surface area (Å²) >= 11 is 0. The molecular weight excluding hydrogens is 166 g/mol. The SMILES string of the molecule is CCCc1ccc(NC(=O)O)cc1. The van der Waals surface area contributed by atoms with E-state index in [1.165, 1.54) is 5.56 Å². The molecule has 0 aromatic heterocycles. The van der Waals surface area contributed by atoms with E-state index in [1.54, 1.807) is 12.1 Å². The van der Waals surface area contributed by atoms with Crippen LogP contribution in [0, 0.1) is 0 Å². The van der Waals surface area contributed by atoms with Crippen molar-refractivity contribution in [3.05, 3.63) is 29.8 Å². The van der Waals surface area contributed by atoms with Crippen molar-refractivity contribution in [2.75, 3.05) is 5.32 Å². The maximum atomic E-state index is 10.3. The van der Waals surface area contributed by atoms with Crippen molar-refractivity contribution >= 4 is 11.8 Å². The standard InChI is InChI=1S/C10H13NO2/c1-2-3-8-4-6-9(7-5-8)11-10(12)13/h4-7,11H,2-3H2,1H3,(H,12,13). The highest BCUT2D eigenvalue weighted by atomic mass is 16.4. The first-order valence-electron chi connectivity index (χ1n) is 4.31. The van der Waals surface area contributed by atoms with Crippen molar-refractivity contribution in [2.24, 2.45) is 0 Å².